The van der Waals surface area contributed by atoms with Gasteiger partial charge in [-0.05, 0) is 30.7 Å². The van der Waals surface area contributed by atoms with Gasteiger partial charge in [-0.15, -0.1) is 0 Å². The number of hydrogen-bond donors (Lipinski definition) is 1. The summed E-state index contributed by atoms with van der Waals surface area (Å²) in [5.41, 5.74) is 2.44. The van der Waals surface area contributed by atoms with Gasteiger partial charge in [-0.3, -0.25) is 9.59 Å². The predicted molar refractivity (Wildman–Crippen MR) is 86.3 cm³/mol. The van der Waals surface area contributed by atoms with E-state index in [1.165, 1.54) is 7.11 Å². The number of aryl methyl sites for hydroxylation is 1. The third kappa shape index (κ3) is 5.14. The number of hydrogen-bond acceptors (Lipinski definition) is 4. The largest absolute Gasteiger partial charge is 0.497 e. The summed E-state index contributed by atoms with van der Waals surface area (Å²) in [6.45, 7) is 1.98. The molecule has 0 radical (unpaired) electrons. The fourth-order valence-electron chi connectivity index (χ4n) is 2.04. The Balaban J connectivity index is 1.80. The van der Waals surface area contributed by atoms with Gasteiger partial charge < -0.3 is 14.8 Å². The first-order valence-electron chi connectivity index (χ1n) is 7.22. The van der Waals surface area contributed by atoms with Gasteiger partial charge in [0.2, 0.25) is 0 Å². The number of amides is 1. The molecule has 5 nitrogen and oxygen atoms in total. The van der Waals surface area contributed by atoms with Crippen molar-refractivity contribution in [3.8, 4) is 5.75 Å². The Morgan fingerprint density at radius 3 is 2.61 bits per heavy atom. The molecular weight excluding hydrogens is 294 g/mol. The van der Waals surface area contributed by atoms with Gasteiger partial charge >= 0.3 is 5.97 Å². The van der Waals surface area contributed by atoms with Crippen LogP contribution in [0.1, 0.15) is 21.5 Å². The summed E-state index contributed by atoms with van der Waals surface area (Å²) in [4.78, 5) is 23.7. The molecular formula is C18H19NO4. The number of carbonyl (C=O) groups is 2. The van der Waals surface area contributed by atoms with Crippen LogP contribution in [-0.4, -0.2) is 25.5 Å². The number of ether oxygens (including phenoxy) is 2. The summed E-state index contributed by atoms with van der Waals surface area (Å²) in [7, 11) is 1.53. The van der Waals surface area contributed by atoms with E-state index in [1.54, 1.807) is 24.3 Å². The number of rotatable bonds is 6. The van der Waals surface area contributed by atoms with Crippen LogP contribution in [0.5, 0.6) is 5.75 Å². The number of esters is 1. The molecule has 23 heavy (non-hydrogen) atoms. The Kier molecular flexibility index (Phi) is 5.74. The van der Waals surface area contributed by atoms with Crippen molar-refractivity contribution in [1.29, 1.82) is 0 Å². The first kappa shape index (κ1) is 16.5. The summed E-state index contributed by atoms with van der Waals surface area (Å²) in [5.74, 6) is -0.251. The molecule has 1 amide bonds. The highest BCUT2D eigenvalue weighted by molar-refractivity contribution is 5.96. The lowest BCUT2D eigenvalue weighted by Crippen LogP contribution is -2.30. The lowest BCUT2D eigenvalue weighted by Gasteiger charge is -2.08. The molecule has 2 aromatic rings. The van der Waals surface area contributed by atoms with Crippen molar-refractivity contribution in [2.45, 2.75) is 13.5 Å². The van der Waals surface area contributed by atoms with E-state index in [-0.39, 0.29) is 19.1 Å². The van der Waals surface area contributed by atoms with Gasteiger partial charge in [-0.1, -0.05) is 35.9 Å². The van der Waals surface area contributed by atoms with Crippen molar-refractivity contribution in [3.05, 3.63) is 65.2 Å². The zero-order valence-electron chi connectivity index (χ0n) is 13.2. The molecule has 5 heteroatoms. The standard InChI is InChI=1S/C18H19NO4/c1-13-5-3-6-14(9-13)12-23-17(20)11-19-18(21)15-7-4-8-16(10-15)22-2/h3-10H,11-12H2,1-2H3,(H,19,21). The van der Waals surface area contributed by atoms with E-state index in [0.717, 1.165) is 11.1 Å². The molecule has 0 atom stereocenters. The predicted octanol–water partition coefficient (Wildman–Crippen LogP) is 2.48. The average molecular weight is 313 g/mol. The van der Waals surface area contributed by atoms with Crippen molar-refractivity contribution in [2.24, 2.45) is 0 Å². The normalized spacial score (nSPS) is 10.0. The maximum Gasteiger partial charge on any atom is 0.325 e. The summed E-state index contributed by atoms with van der Waals surface area (Å²) >= 11 is 0. The molecule has 0 unspecified atom stereocenters. The maximum absolute atomic E-state index is 12.0. The highest BCUT2D eigenvalue weighted by Crippen LogP contribution is 2.12. The number of methoxy groups -OCH3 is 1. The average Bonchev–Trinajstić information content (AvgIpc) is 2.58. The second-order valence-electron chi connectivity index (χ2n) is 5.06. The van der Waals surface area contributed by atoms with Gasteiger partial charge in [0.25, 0.3) is 5.91 Å². The Hall–Kier alpha value is -2.82. The van der Waals surface area contributed by atoms with Crippen LogP contribution in [0, 0.1) is 6.92 Å². The van der Waals surface area contributed by atoms with Crippen LogP contribution in [-0.2, 0) is 16.1 Å². The van der Waals surface area contributed by atoms with Crippen LogP contribution in [0.2, 0.25) is 0 Å². The van der Waals surface area contributed by atoms with Crippen molar-refractivity contribution in [1.82, 2.24) is 5.32 Å². The van der Waals surface area contributed by atoms with Gasteiger partial charge in [-0.25, -0.2) is 0 Å². The zero-order chi connectivity index (χ0) is 16.7. The SMILES string of the molecule is COc1cccc(C(=O)NCC(=O)OCc2cccc(C)c2)c1. The second-order valence-corrected chi connectivity index (χ2v) is 5.06. The summed E-state index contributed by atoms with van der Waals surface area (Å²) < 4.78 is 10.2. The molecule has 2 aromatic carbocycles. The summed E-state index contributed by atoms with van der Waals surface area (Å²) in [6.07, 6.45) is 0. The van der Waals surface area contributed by atoms with Gasteiger partial charge in [0.05, 0.1) is 7.11 Å². The molecule has 0 bridgehead atoms. The lowest BCUT2D eigenvalue weighted by atomic mass is 10.1. The van der Waals surface area contributed by atoms with E-state index in [9.17, 15) is 9.59 Å². The molecule has 0 aliphatic carbocycles. The molecule has 120 valence electrons. The van der Waals surface area contributed by atoms with E-state index in [1.807, 2.05) is 31.2 Å². The number of nitrogens with one attached hydrogen (secondary N) is 1. The molecule has 0 heterocycles. The quantitative estimate of drug-likeness (QED) is 0.832. The van der Waals surface area contributed by atoms with E-state index >= 15 is 0 Å². The molecule has 0 aromatic heterocycles. The molecule has 0 fully saturated rings. The number of benzene rings is 2. The zero-order valence-corrected chi connectivity index (χ0v) is 13.2. The molecule has 0 saturated carbocycles. The molecule has 2 rings (SSSR count). The van der Waals surface area contributed by atoms with E-state index in [2.05, 4.69) is 5.32 Å². The Morgan fingerprint density at radius 2 is 1.87 bits per heavy atom. The molecule has 0 spiro atoms. The van der Waals surface area contributed by atoms with Crippen molar-refractivity contribution in [2.75, 3.05) is 13.7 Å². The second kappa shape index (κ2) is 7.98. The van der Waals surface area contributed by atoms with E-state index < -0.39 is 5.97 Å². The first-order valence-corrected chi connectivity index (χ1v) is 7.22. The smallest absolute Gasteiger partial charge is 0.325 e. The Bertz CT molecular complexity index is 697. The number of carbonyl (C=O) groups excluding carboxylic acids is 2. The van der Waals surface area contributed by atoms with E-state index in [4.69, 9.17) is 9.47 Å². The molecule has 0 saturated heterocycles. The minimum atomic E-state index is -0.484. The lowest BCUT2D eigenvalue weighted by molar-refractivity contribution is -0.143. The summed E-state index contributed by atoms with van der Waals surface area (Å²) in [5, 5.41) is 2.53. The maximum atomic E-state index is 12.0. The molecule has 1 N–H and O–H groups in total. The van der Waals surface area contributed by atoms with Crippen LogP contribution in [0.25, 0.3) is 0 Å². The highest BCUT2D eigenvalue weighted by atomic mass is 16.5. The first-order chi connectivity index (χ1) is 11.1. The van der Waals surface area contributed by atoms with Crippen LogP contribution >= 0.6 is 0 Å². The van der Waals surface area contributed by atoms with Crippen LogP contribution in [0.3, 0.4) is 0 Å². The summed E-state index contributed by atoms with van der Waals surface area (Å²) in [6, 6.07) is 14.4. The fourth-order valence-corrected chi connectivity index (χ4v) is 2.04. The van der Waals surface area contributed by atoms with E-state index in [0.29, 0.717) is 11.3 Å². The third-order valence-corrected chi connectivity index (χ3v) is 3.21. The Labute approximate surface area is 135 Å². The van der Waals surface area contributed by atoms with Crippen molar-refractivity contribution in [3.63, 3.8) is 0 Å². The van der Waals surface area contributed by atoms with Gasteiger partial charge in [0.15, 0.2) is 0 Å². The van der Waals surface area contributed by atoms with Gasteiger partial charge in [0, 0.05) is 5.56 Å². The highest BCUT2D eigenvalue weighted by Gasteiger charge is 2.10. The third-order valence-electron chi connectivity index (χ3n) is 3.21. The van der Waals surface area contributed by atoms with Crippen LogP contribution < -0.4 is 10.1 Å². The monoisotopic (exact) mass is 313 g/mol. The van der Waals surface area contributed by atoms with Crippen molar-refractivity contribution < 1.29 is 19.1 Å². The topological polar surface area (TPSA) is 64.6 Å². The van der Waals surface area contributed by atoms with Crippen molar-refractivity contribution >= 4 is 11.9 Å². The van der Waals surface area contributed by atoms with Gasteiger partial charge in [-0.2, -0.15) is 0 Å². The minimum absolute atomic E-state index is 0.179. The van der Waals surface area contributed by atoms with Crippen LogP contribution in [0.15, 0.2) is 48.5 Å². The fraction of sp³-hybridized carbons (Fsp3) is 0.222. The molecule has 0 aliphatic rings. The molecule has 0 aliphatic heterocycles. The Morgan fingerprint density at radius 1 is 1.09 bits per heavy atom. The van der Waals surface area contributed by atoms with Crippen LogP contribution in [0.4, 0.5) is 0 Å². The van der Waals surface area contributed by atoms with Gasteiger partial charge in [0.1, 0.15) is 18.9 Å². The minimum Gasteiger partial charge on any atom is -0.497 e.